The first-order valence-electron chi connectivity index (χ1n) is 6.41. The lowest BCUT2D eigenvalue weighted by Crippen LogP contribution is -1.85. The number of pyridine rings is 1. The number of aromatic hydroxyl groups is 1. The zero-order chi connectivity index (χ0) is 13.9. The molecule has 0 aliphatic rings. The van der Waals surface area contributed by atoms with Gasteiger partial charge in [-0.2, -0.15) is 0 Å². The van der Waals surface area contributed by atoms with Gasteiger partial charge in [-0.15, -0.1) is 0 Å². The second-order valence-electron chi connectivity index (χ2n) is 4.64. The molecule has 0 atom stereocenters. The Morgan fingerprint density at radius 3 is 2.85 bits per heavy atom. The summed E-state index contributed by atoms with van der Waals surface area (Å²) in [4.78, 5) is 8.62. The third-order valence-electron chi connectivity index (χ3n) is 3.27. The van der Waals surface area contributed by atoms with Crippen molar-refractivity contribution in [2.24, 2.45) is 4.99 Å². The summed E-state index contributed by atoms with van der Waals surface area (Å²) in [6.07, 6.45) is 5.25. The molecule has 3 nitrogen and oxygen atoms in total. The zero-order valence-corrected chi connectivity index (χ0v) is 11.1. The number of aliphatic imine (C=N–C) groups is 1. The van der Waals surface area contributed by atoms with Gasteiger partial charge in [0.05, 0.1) is 5.69 Å². The van der Waals surface area contributed by atoms with Crippen molar-refractivity contribution in [3.05, 3.63) is 66.0 Å². The summed E-state index contributed by atoms with van der Waals surface area (Å²) in [6, 6.07) is 13.5. The van der Waals surface area contributed by atoms with Crippen molar-refractivity contribution in [1.29, 1.82) is 0 Å². The van der Waals surface area contributed by atoms with E-state index < -0.39 is 0 Å². The zero-order valence-electron chi connectivity index (χ0n) is 11.1. The van der Waals surface area contributed by atoms with Crippen LogP contribution in [0.2, 0.25) is 0 Å². The summed E-state index contributed by atoms with van der Waals surface area (Å²) in [5.41, 5.74) is 2.40. The lowest BCUT2D eigenvalue weighted by Gasteiger charge is -2.03. The average Bonchev–Trinajstić information content (AvgIpc) is 2.49. The number of nitrogens with zero attached hydrogens (tertiary/aromatic N) is 2. The van der Waals surface area contributed by atoms with Gasteiger partial charge in [-0.25, -0.2) is 0 Å². The van der Waals surface area contributed by atoms with Gasteiger partial charge in [-0.3, -0.25) is 9.98 Å². The van der Waals surface area contributed by atoms with Crippen LogP contribution in [0.5, 0.6) is 5.75 Å². The van der Waals surface area contributed by atoms with E-state index in [9.17, 15) is 5.11 Å². The molecule has 3 heteroatoms. The molecule has 0 saturated carbocycles. The first kappa shape index (κ1) is 12.4. The van der Waals surface area contributed by atoms with Crippen molar-refractivity contribution in [1.82, 2.24) is 4.98 Å². The van der Waals surface area contributed by atoms with Crippen LogP contribution in [-0.4, -0.2) is 16.3 Å². The second kappa shape index (κ2) is 5.13. The molecule has 0 bridgehead atoms. The van der Waals surface area contributed by atoms with Gasteiger partial charge < -0.3 is 5.11 Å². The van der Waals surface area contributed by atoms with E-state index in [0.717, 1.165) is 22.0 Å². The Morgan fingerprint density at radius 2 is 1.95 bits per heavy atom. The van der Waals surface area contributed by atoms with E-state index in [-0.39, 0.29) is 5.75 Å². The smallest absolute Gasteiger partial charge is 0.127 e. The topological polar surface area (TPSA) is 45.5 Å². The van der Waals surface area contributed by atoms with Gasteiger partial charge in [0.1, 0.15) is 5.75 Å². The van der Waals surface area contributed by atoms with Crippen LogP contribution in [0.25, 0.3) is 10.8 Å². The Labute approximate surface area is 117 Å². The van der Waals surface area contributed by atoms with E-state index in [1.807, 2.05) is 49.4 Å². The number of phenols is 1. The minimum absolute atomic E-state index is 0.273. The Balaban J connectivity index is 2.05. The standard InChI is InChI=1S/C17H14N2O/c1-12-4-2-6-14(17(12)20)10-19-16-7-3-5-13-8-9-18-11-15(13)16/h2-11,20H,1H3. The number of aromatic nitrogens is 1. The number of benzene rings is 2. The highest BCUT2D eigenvalue weighted by Gasteiger charge is 2.02. The van der Waals surface area contributed by atoms with Crippen molar-refractivity contribution in [2.75, 3.05) is 0 Å². The molecular formula is C17H14N2O. The van der Waals surface area contributed by atoms with E-state index in [1.165, 1.54) is 0 Å². The first-order chi connectivity index (χ1) is 9.75. The van der Waals surface area contributed by atoms with E-state index in [1.54, 1.807) is 18.6 Å². The number of phenolic OH excluding ortho intramolecular Hbond substituents is 1. The Morgan fingerprint density at radius 1 is 1.10 bits per heavy atom. The number of hydrogen-bond donors (Lipinski definition) is 1. The molecule has 20 heavy (non-hydrogen) atoms. The minimum atomic E-state index is 0.273. The Kier molecular flexibility index (Phi) is 3.17. The molecule has 0 aliphatic heterocycles. The van der Waals surface area contributed by atoms with Crippen LogP contribution < -0.4 is 0 Å². The van der Waals surface area contributed by atoms with E-state index in [4.69, 9.17) is 0 Å². The maximum Gasteiger partial charge on any atom is 0.127 e. The van der Waals surface area contributed by atoms with Gasteiger partial charge in [-0.1, -0.05) is 24.3 Å². The number of hydrogen-bond acceptors (Lipinski definition) is 3. The second-order valence-corrected chi connectivity index (χ2v) is 4.64. The fourth-order valence-electron chi connectivity index (χ4n) is 2.13. The van der Waals surface area contributed by atoms with Gasteiger partial charge in [0.2, 0.25) is 0 Å². The highest BCUT2D eigenvalue weighted by Crippen LogP contribution is 2.26. The summed E-state index contributed by atoms with van der Waals surface area (Å²) in [6.45, 7) is 1.87. The highest BCUT2D eigenvalue weighted by molar-refractivity contribution is 5.95. The first-order valence-corrected chi connectivity index (χ1v) is 6.41. The number of fused-ring (bicyclic) bond motifs is 1. The summed E-state index contributed by atoms with van der Waals surface area (Å²) in [5, 5.41) is 12.1. The molecule has 0 amide bonds. The molecule has 2 aromatic carbocycles. The van der Waals surface area contributed by atoms with Crippen molar-refractivity contribution in [3.8, 4) is 5.75 Å². The average molecular weight is 262 g/mol. The van der Waals surface area contributed by atoms with Crippen molar-refractivity contribution in [3.63, 3.8) is 0 Å². The number of para-hydroxylation sites is 1. The van der Waals surface area contributed by atoms with Gasteiger partial charge in [0.15, 0.2) is 0 Å². The lowest BCUT2D eigenvalue weighted by molar-refractivity contribution is 0.470. The van der Waals surface area contributed by atoms with Crippen molar-refractivity contribution in [2.45, 2.75) is 6.92 Å². The fourth-order valence-corrected chi connectivity index (χ4v) is 2.13. The monoisotopic (exact) mass is 262 g/mol. The minimum Gasteiger partial charge on any atom is -0.507 e. The van der Waals surface area contributed by atoms with Crippen LogP contribution in [0.15, 0.2) is 59.9 Å². The summed E-state index contributed by atoms with van der Waals surface area (Å²) in [5.74, 6) is 0.273. The van der Waals surface area contributed by atoms with Crippen molar-refractivity contribution < 1.29 is 5.11 Å². The molecule has 3 aromatic rings. The van der Waals surface area contributed by atoms with Gasteiger partial charge in [0, 0.05) is 29.6 Å². The van der Waals surface area contributed by atoms with Crippen LogP contribution in [0.4, 0.5) is 5.69 Å². The van der Waals surface area contributed by atoms with Crippen LogP contribution in [0, 0.1) is 6.92 Å². The van der Waals surface area contributed by atoms with E-state index >= 15 is 0 Å². The Bertz CT molecular complexity index is 789. The molecule has 1 heterocycles. The highest BCUT2D eigenvalue weighted by atomic mass is 16.3. The number of aryl methyl sites for hydroxylation is 1. The largest absolute Gasteiger partial charge is 0.507 e. The lowest BCUT2D eigenvalue weighted by atomic mass is 10.1. The van der Waals surface area contributed by atoms with Crippen LogP contribution in [-0.2, 0) is 0 Å². The van der Waals surface area contributed by atoms with E-state index in [2.05, 4.69) is 9.98 Å². The van der Waals surface area contributed by atoms with E-state index in [0.29, 0.717) is 5.56 Å². The molecule has 0 saturated heterocycles. The SMILES string of the molecule is Cc1cccc(C=Nc2cccc3ccncc23)c1O. The third-order valence-corrected chi connectivity index (χ3v) is 3.27. The van der Waals surface area contributed by atoms with Crippen LogP contribution >= 0.6 is 0 Å². The molecule has 98 valence electrons. The van der Waals surface area contributed by atoms with Crippen molar-refractivity contribution >= 4 is 22.7 Å². The molecule has 1 aromatic heterocycles. The fraction of sp³-hybridized carbons (Fsp3) is 0.0588. The molecule has 0 unspecified atom stereocenters. The summed E-state index contributed by atoms with van der Waals surface area (Å²) in [7, 11) is 0. The van der Waals surface area contributed by atoms with Crippen LogP contribution in [0.1, 0.15) is 11.1 Å². The summed E-state index contributed by atoms with van der Waals surface area (Å²) >= 11 is 0. The predicted octanol–water partition coefficient (Wildman–Crippen LogP) is 4.00. The number of rotatable bonds is 2. The Hall–Kier alpha value is -2.68. The molecule has 0 radical (unpaired) electrons. The maximum atomic E-state index is 9.99. The molecule has 3 rings (SSSR count). The van der Waals surface area contributed by atoms with Gasteiger partial charge in [0.25, 0.3) is 0 Å². The molecule has 0 spiro atoms. The quantitative estimate of drug-likeness (QED) is 0.709. The normalized spacial score (nSPS) is 11.2. The van der Waals surface area contributed by atoms with Gasteiger partial charge in [-0.05, 0) is 36.1 Å². The molecular weight excluding hydrogens is 248 g/mol. The molecule has 1 N–H and O–H groups in total. The molecule has 0 fully saturated rings. The van der Waals surface area contributed by atoms with Gasteiger partial charge >= 0.3 is 0 Å². The summed E-state index contributed by atoms with van der Waals surface area (Å²) < 4.78 is 0. The maximum absolute atomic E-state index is 9.99. The molecule has 0 aliphatic carbocycles. The predicted molar refractivity (Wildman–Crippen MR) is 81.8 cm³/mol. The van der Waals surface area contributed by atoms with Crippen LogP contribution in [0.3, 0.4) is 0 Å². The third kappa shape index (κ3) is 2.26.